The number of aliphatic hydroxyl groups excluding tert-OH is 1. The summed E-state index contributed by atoms with van der Waals surface area (Å²) in [4.78, 5) is 17.1. The van der Waals surface area contributed by atoms with Crippen LogP contribution in [0.5, 0.6) is 5.75 Å². The number of carbonyl (C=O) groups excluding carboxylic acids is 1. The number of rotatable bonds is 6. The molecule has 0 aromatic heterocycles. The van der Waals surface area contributed by atoms with Crippen LogP contribution in [-0.4, -0.2) is 73.8 Å². The number of nitrogens with one attached hydrogen (secondary N) is 1. The molecule has 0 radical (unpaired) electrons. The number of hydrogen-bond acceptors (Lipinski definition) is 5. The van der Waals surface area contributed by atoms with E-state index < -0.39 is 5.82 Å². The zero-order chi connectivity index (χ0) is 19.4. The lowest BCUT2D eigenvalue weighted by atomic mass is 9.75. The van der Waals surface area contributed by atoms with Crippen LogP contribution in [-0.2, 0) is 4.79 Å². The molecule has 1 aromatic rings. The first-order chi connectivity index (χ1) is 13.0. The molecule has 1 saturated carbocycles. The van der Waals surface area contributed by atoms with E-state index in [0.29, 0.717) is 24.9 Å². The van der Waals surface area contributed by atoms with Gasteiger partial charge in [-0.15, -0.1) is 0 Å². The first-order valence-corrected chi connectivity index (χ1v) is 9.68. The zero-order valence-electron chi connectivity index (χ0n) is 16.2. The lowest BCUT2D eigenvalue weighted by Crippen LogP contribution is -2.45. The van der Waals surface area contributed by atoms with Crippen molar-refractivity contribution in [2.24, 2.45) is 5.92 Å². The first kappa shape index (κ1) is 20.0. The summed E-state index contributed by atoms with van der Waals surface area (Å²) in [6.07, 6.45) is 1.95. The van der Waals surface area contributed by atoms with Crippen LogP contribution in [0.2, 0.25) is 0 Å². The summed E-state index contributed by atoms with van der Waals surface area (Å²) < 4.78 is 19.2. The Kier molecular flexibility index (Phi) is 6.68. The fourth-order valence-electron chi connectivity index (χ4n) is 3.93. The second-order valence-corrected chi connectivity index (χ2v) is 7.76. The predicted molar refractivity (Wildman–Crippen MR) is 101 cm³/mol. The second kappa shape index (κ2) is 8.99. The molecule has 1 heterocycles. The molecule has 1 aliphatic heterocycles. The molecular formula is C20H30FN3O3. The Hall–Kier alpha value is -1.70. The molecule has 1 aromatic carbocycles. The summed E-state index contributed by atoms with van der Waals surface area (Å²) in [6.45, 7) is 4.12. The number of carbonyl (C=O) groups is 1. The summed E-state index contributed by atoms with van der Waals surface area (Å²) in [5.41, 5.74) is 0.717. The lowest BCUT2D eigenvalue weighted by molar-refractivity contribution is -0.124. The number of benzene rings is 1. The third-order valence-electron chi connectivity index (χ3n) is 5.65. The average molecular weight is 379 g/mol. The molecule has 2 N–H and O–H groups in total. The largest absolute Gasteiger partial charge is 0.494 e. The second-order valence-electron chi connectivity index (χ2n) is 7.76. The molecule has 150 valence electrons. The van der Waals surface area contributed by atoms with E-state index in [1.807, 2.05) is 0 Å². The quantitative estimate of drug-likeness (QED) is 0.782. The third-order valence-corrected chi connectivity index (χ3v) is 5.65. The van der Waals surface area contributed by atoms with Crippen LogP contribution >= 0.6 is 0 Å². The van der Waals surface area contributed by atoms with Gasteiger partial charge < -0.3 is 20.1 Å². The normalized spacial score (nSPS) is 25.3. The minimum Gasteiger partial charge on any atom is -0.494 e. The van der Waals surface area contributed by atoms with Gasteiger partial charge in [0.15, 0.2) is 11.6 Å². The molecule has 6 nitrogen and oxygen atoms in total. The Morgan fingerprint density at radius 1 is 1.33 bits per heavy atom. The van der Waals surface area contributed by atoms with Crippen molar-refractivity contribution in [3.63, 3.8) is 0 Å². The Labute approximate surface area is 160 Å². The predicted octanol–water partition coefficient (Wildman–Crippen LogP) is 1.40. The Morgan fingerprint density at radius 2 is 2.11 bits per heavy atom. The SMILES string of the molecule is COc1ccc(C(NC(=O)CN2CCCN(C)CC2)C2CC(O)C2)cc1F. The average Bonchev–Trinajstić information content (AvgIpc) is 2.81. The standard InChI is InChI=1S/C20H30FN3O3/c1-23-6-3-7-24(9-8-23)13-19(26)22-20(15-10-16(25)11-15)14-4-5-18(27-2)17(21)12-14/h4-5,12,15-16,20,25H,3,6-11,13H2,1-2H3,(H,22,26). The van der Waals surface area contributed by atoms with Crippen LogP contribution in [0.1, 0.15) is 30.9 Å². The van der Waals surface area contributed by atoms with E-state index in [-0.39, 0.29) is 29.7 Å². The van der Waals surface area contributed by atoms with Crippen LogP contribution in [0, 0.1) is 11.7 Å². The number of ether oxygens (including phenoxy) is 1. The van der Waals surface area contributed by atoms with Crippen LogP contribution in [0.25, 0.3) is 0 Å². The zero-order valence-corrected chi connectivity index (χ0v) is 16.2. The summed E-state index contributed by atoms with van der Waals surface area (Å²) in [7, 11) is 3.53. The number of aliphatic hydroxyl groups is 1. The maximum Gasteiger partial charge on any atom is 0.234 e. The topological polar surface area (TPSA) is 65.0 Å². The summed E-state index contributed by atoms with van der Waals surface area (Å²) in [6, 6.07) is 4.51. The van der Waals surface area contributed by atoms with E-state index >= 15 is 0 Å². The van der Waals surface area contributed by atoms with Crippen molar-refractivity contribution >= 4 is 5.91 Å². The van der Waals surface area contributed by atoms with Gasteiger partial charge in [0.2, 0.25) is 5.91 Å². The number of methoxy groups -OCH3 is 1. The Bertz CT molecular complexity index is 651. The van der Waals surface area contributed by atoms with Gasteiger partial charge in [0.05, 0.1) is 25.8 Å². The first-order valence-electron chi connectivity index (χ1n) is 9.68. The fourth-order valence-corrected chi connectivity index (χ4v) is 3.93. The molecular weight excluding hydrogens is 349 g/mol. The number of hydrogen-bond donors (Lipinski definition) is 2. The smallest absolute Gasteiger partial charge is 0.234 e. The number of nitrogens with zero attached hydrogens (tertiary/aromatic N) is 2. The molecule has 0 bridgehead atoms. The maximum absolute atomic E-state index is 14.2. The summed E-state index contributed by atoms with van der Waals surface area (Å²) in [5.74, 6) is -0.190. The lowest BCUT2D eigenvalue weighted by Gasteiger charge is -2.38. The van der Waals surface area contributed by atoms with E-state index in [4.69, 9.17) is 4.74 Å². The van der Waals surface area contributed by atoms with Crippen molar-refractivity contribution in [2.45, 2.75) is 31.4 Å². The number of likely N-dealkylation sites (N-methyl/N-ethyl adjacent to an activating group) is 1. The van der Waals surface area contributed by atoms with E-state index in [9.17, 15) is 14.3 Å². The minimum absolute atomic E-state index is 0.0535. The van der Waals surface area contributed by atoms with Gasteiger partial charge in [-0.25, -0.2) is 4.39 Å². The monoisotopic (exact) mass is 379 g/mol. The highest BCUT2D eigenvalue weighted by atomic mass is 19.1. The molecule has 0 spiro atoms. The van der Waals surface area contributed by atoms with Gasteiger partial charge in [0.1, 0.15) is 0 Å². The van der Waals surface area contributed by atoms with Crippen molar-refractivity contribution < 1.29 is 19.0 Å². The molecule has 1 atom stereocenters. The van der Waals surface area contributed by atoms with Gasteiger partial charge in [-0.05, 0) is 63.0 Å². The van der Waals surface area contributed by atoms with Crippen LogP contribution in [0.3, 0.4) is 0 Å². The summed E-state index contributed by atoms with van der Waals surface area (Å²) >= 11 is 0. The van der Waals surface area contributed by atoms with Gasteiger partial charge in [0, 0.05) is 13.1 Å². The van der Waals surface area contributed by atoms with Crippen LogP contribution in [0.4, 0.5) is 4.39 Å². The van der Waals surface area contributed by atoms with Gasteiger partial charge in [-0.1, -0.05) is 6.07 Å². The highest BCUT2D eigenvalue weighted by molar-refractivity contribution is 5.78. The highest BCUT2D eigenvalue weighted by Crippen LogP contribution is 2.38. The molecule has 1 aliphatic carbocycles. The molecule has 2 aliphatic rings. The highest BCUT2D eigenvalue weighted by Gasteiger charge is 2.36. The van der Waals surface area contributed by atoms with E-state index in [2.05, 4.69) is 22.2 Å². The summed E-state index contributed by atoms with van der Waals surface area (Å²) in [5, 5.41) is 12.8. The number of amides is 1. The molecule has 1 amide bonds. The van der Waals surface area contributed by atoms with Crippen molar-refractivity contribution in [2.75, 3.05) is 46.9 Å². The van der Waals surface area contributed by atoms with Gasteiger partial charge in [0.25, 0.3) is 0 Å². The van der Waals surface area contributed by atoms with Gasteiger partial charge in [-0.2, -0.15) is 0 Å². The van der Waals surface area contributed by atoms with Crippen molar-refractivity contribution in [1.29, 1.82) is 0 Å². The molecule has 2 fully saturated rings. The molecule has 27 heavy (non-hydrogen) atoms. The van der Waals surface area contributed by atoms with Crippen LogP contribution < -0.4 is 10.1 Å². The molecule has 7 heteroatoms. The molecule has 3 rings (SSSR count). The molecule has 1 unspecified atom stereocenters. The van der Waals surface area contributed by atoms with Crippen LogP contribution in [0.15, 0.2) is 18.2 Å². The van der Waals surface area contributed by atoms with E-state index in [1.165, 1.54) is 13.2 Å². The molecule has 1 saturated heterocycles. The van der Waals surface area contributed by atoms with Gasteiger partial charge in [-0.3, -0.25) is 9.69 Å². The number of halogens is 1. The third kappa shape index (κ3) is 5.18. The van der Waals surface area contributed by atoms with Crippen molar-refractivity contribution in [1.82, 2.24) is 15.1 Å². The van der Waals surface area contributed by atoms with E-state index in [1.54, 1.807) is 12.1 Å². The maximum atomic E-state index is 14.2. The minimum atomic E-state index is -0.440. The van der Waals surface area contributed by atoms with Crippen molar-refractivity contribution in [3.8, 4) is 5.75 Å². The Morgan fingerprint density at radius 3 is 2.78 bits per heavy atom. The Balaban J connectivity index is 1.66. The fraction of sp³-hybridized carbons (Fsp3) is 0.650. The van der Waals surface area contributed by atoms with Gasteiger partial charge >= 0.3 is 0 Å². The van der Waals surface area contributed by atoms with E-state index in [0.717, 1.165) is 32.6 Å². The van der Waals surface area contributed by atoms with Crippen molar-refractivity contribution in [3.05, 3.63) is 29.6 Å².